The van der Waals surface area contributed by atoms with Gasteiger partial charge in [-0.05, 0) is 79.7 Å². The summed E-state index contributed by atoms with van der Waals surface area (Å²) in [6.45, 7) is 2.09. The van der Waals surface area contributed by atoms with Gasteiger partial charge in [0.05, 0.1) is 4.47 Å². The molecule has 0 spiro atoms. The highest BCUT2D eigenvalue weighted by Crippen LogP contribution is 2.48. The van der Waals surface area contributed by atoms with Crippen molar-refractivity contribution in [3.05, 3.63) is 99.3 Å². The third kappa shape index (κ3) is 2.75. The fourth-order valence-electron chi connectivity index (χ4n) is 3.49. The molecule has 2 N–H and O–H groups in total. The summed E-state index contributed by atoms with van der Waals surface area (Å²) in [5.74, 6) is 0.679. The van der Waals surface area contributed by atoms with E-state index < -0.39 is 0 Å². The molecule has 0 saturated carbocycles. The van der Waals surface area contributed by atoms with Crippen LogP contribution < -0.4 is 0 Å². The largest absolute Gasteiger partial charge is 0.508 e. The molecule has 0 amide bonds. The zero-order valence-electron chi connectivity index (χ0n) is 13.7. The summed E-state index contributed by atoms with van der Waals surface area (Å²) in [4.78, 5) is 0. The quantitative estimate of drug-likeness (QED) is 0.655. The zero-order valence-corrected chi connectivity index (χ0v) is 15.3. The Labute approximate surface area is 155 Å². The van der Waals surface area contributed by atoms with E-state index in [2.05, 4.69) is 41.1 Å². The molecule has 25 heavy (non-hydrogen) atoms. The predicted octanol–water partition coefficient (Wildman–Crippen LogP) is 6.02. The Balaban J connectivity index is 1.97. The third-order valence-corrected chi connectivity index (χ3v) is 5.31. The number of aromatic hydroxyl groups is 1. The van der Waals surface area contributed by atoms with Crippen LogP contribution in [0.2, 0.25) is 0 Å². The number of fused-ring (bicyclic) bond motifs is 1. The molecule has 4 rings (SSSR count). The number of phenols is 1. The van der Waals surface area contributed by atoms with Crippen LogP contribution in [0.25, 0.3) is 11.1 Å². The molecular formula is C22H17BrO2. The van der Waals surface area contributed by atoms with Crippen molar-refractivity contribution >= 4 is 27.1 Å². The van der Waals surface area contributed by atoms with Crippen LogP contribution in [0.4, 0.5) is 0 Å². The van der Waals surface area contributed by atoms with Crippen LogP contribution in [0.15, 0.2) is 88.1 Å². The fraction of sp³-hybridized carbons (Fsp3) is 0.0909. The zero-order chi connectivity index (χ0) is 17.6. The van der Waals surface area contributed by atoms with Gasteiger partial charge in [-0.2, -0.15) is 0 Å². The Morgan fingerprint density at radius 2 is 1.68 bits per heavy atom. The van der Waals surface area contributed by atoms with Crippen LogP contribution in [0.1, 0.15) is 18.1 Å². The van der Waals surface area contributed by atoms with Gasteiger partial charge in [-0.25, -0.2) is 0 Å². The molecule has 124 valence electrons. The maximum atomic E-state index is 10.1. The van der Waals surface area contributed by atoms with E-state index in [-0.39, 0.29) is 11.7 Å². The van der Waals surface area contributed by atoms with Gasteiger partial charge in [0.2, 0.25) is 0 Å². The first kappa shape index (κ1) is 16.0. The van der Waals surface area contributed by atoms with E-state index in [4.69, 9.17) is 0 Å². The molecule has 0 aromatic heterocycles. The highest BCUT2D eigenvalue weighted by molar-refractivity contribution is 9.10. The Kier molecular flexibility index (Phi) is 3.89. The van der Waals surface area contributed by atoms with Gasteiger partial charge in [0, 0.05) is 5.92 Å². The lowest BCUT2D eigenvalue weighted by Crippen LogP contribution is -2.04. The van der Waals surface area contributed by atoms with Gasteiger partial charge in [-0.1, -0.05) is 43.3 Å². The lowest BCUT2D eigenvalue weighted by Gasteiger charge is -2.19. The van der Waals surface area contributed by atoms with Crippen LogP contribution in [-0.4, -0.2) is 10.2 Å². The average Bonchev–Trinajstić information content (AvgIpc) is 2.98. The minimum Gasteiger partial charge on any atom is -0.508 e. The smallest absolute Gasteiger partial charge is 0.129 e. The van der Waals surface area contributed by atoms with Gasteiger partial charge in [-0.3, -0.25) is 0 Å². The number of hydrogen-bond acceptors (Lipinski definition) is 2. The van der Waals surface area contributed by atoms with E-state index in [1.807, 2.05) is 42.5 Å². The standard InChI is InChI=1S/C22H17BrO2/c1-13-9-16(24)11-19-17(13)12-18(15-7-8-21(25)20(23)10-15)22(19)14-5-3-2-4-6-14/h2-13,24-25H,1H3. The van der Waals surface area contributed by atoms with Crippen molar-refractivity contribution < 1.29 is 10.2 Å². The topological polar surface area (TPSA) is 40.5 Å². The van der Waals surface area contributed by atoms with Gasteiger partial charge in [-0.15, -0.1) is 0 Å². The summed E-state index contributed by atoms with van der Waals surface area (Å²) < 4.78 is 0.668. The Bertz CT molecular complexity index is 978. The summed E-state index contributed by atoms with van der Waals surface area (Å²) >= 11 is 3.41. The van der Waals surface area contributed by atoms with E-state index in [0.29, 0.717) is 10.2 Å². The molecule has 1 unspecified atom stereocenters. The van der Waals surface area contributed by atoms with Gasteiger partial charge in [0.15, 0.2) is 0 Å². The predicted molar refractivity (Wildman–Crippen MR) is 105 cm³/mol. The minimum absolute atomic E-state index is 0.150. The van der Waals surface area contributed by atoms with Crippen LogP contribution in [0.3, 0.4) is 0 Å². The SMILES string of the molecule is CC1C=C(O)C=C2C1=CC(c1ccc(O)c(Br)c1)=C2c1ccccc1. The number of rotatable bonds is 2. The molecule has 2 nitrogen and oxygen atoms in total. The lowest BCUT2D eigenvalue weighted by atomic mass is 9.86. The van der Waals surface area contributed by atoms with Crippen LogP contribution in [0, 0.1) is 5.92 Å². The first-order valence-electron chi connectivity index (χ1n) is 8.18. The second-order valence-electron chi connectivity index (χ2n) is 6.36. The lowest BCUT2D eigenvalue weighted by molar-refractivity contribution is 0.424. The first-order valence-corrected chi connectivity index (χ1v) is 8.97. The molecule has 0 saturated heterocycles. The Morgan fingerprint density at radius 3 is 2.40 bits per heavy atom. The van der Waals surface area contributed by atoms with Crippen LogP contribution >= 0.6 is 15.9 Å². The summed E-state index contributed by atoms with van der Waals surface area (Å²) in [6, 6.07) is 15.8. The average molecular weight is 393 g/mol. The second-order valence-corrected chi connectivity index (χ2v) is 7.21. The Morgan fingerprint density at radius 1 is 0.920 bits per heavy atom. The van der Waals surface area contributed by atoms with Crippen LogP contribution in [0.5, 0.6) is 5.75 Å². The van der Waals surface area contributed by atoms with Gasteiger partial charge >= 0.3 is 0 Å². The molecule has 0 heterocycles. The number of allylic oxidation sites excluding steroid dienone is 7. The molecule has 1 atom stereocenters. The van der Waals surface area contributed by atoms with Gasteiger partial charge in [0.1, 0.15) is 11.5 Å². The number of aliphatic hydroxyl groups is 1. The van der Waals surface area contributed by atoms with E-state index in [1.54, 1.807) is 6.07 Å². The first-order chi connectivity index (χ1) is 12.0. The second kappa shape index (κ2) is 6.08. The maximum Gasteiger partial charge on any atom is 0.129 e. The van der Waals surface area contributed by atoms with Crippen molar-refractivity contribution in [1.82, 2.24) is 0 Å². The number of phenolic OH excluding ortho intramolecular Hbond substituents is 1. The van der Waals surface area contributed by atoms with E-state index >= 15 is 0 Å². The molecule has 0 fully saturated rings. The Hall–Kier alpha value is -2.52. The van der Waals surface area contributed by atoms with E-state index in [9.17, 15) is 10.2 Å². The highest BCUT2D eigenvalue weighted by Gasteiger charge is 2.29. The third-order valence-electron chi connectivity index (χ3n) is 4.67. The van der Waals surface area contributed by atoms with Crippen molar-refractivity contribution in [2.75, 3.05) is 0 Å². The molecule has 2 aliphatic carbocycles. The molecule has 2 aliphatic rings. The molecule has 2 aromatic carbocycles. The summed E-state index contributed by atoms with van der Waals surface area (Å²) in [5, 5.41) is 19.9. The number of aliphatic hydroxyl groups excluding tert-OH is 1. The fourth-order valence-corrected chi connectivity index (χ4v) is 3.87. The summed E-state index contributed by atoms with van der Waals surface area (Å²) in [5.41, 5.74) is 6.62. The van der Waals surface area contributed by atoms with Gasteiger partial charge in [0.25, 0.3) is 0 Å². The molecule has 0 aliphatic heterocycles. The van der Waals surface area contributed by atoms with Gasteiger partial charge < -0.3 is 10.2 Å². The number of halogens is 1. The van der Waals surface area contributed by atoms with Crippen molar-refractivity contribution in [2.24, 2.45) is 5.92 Å². The van der Waals surface area contributed by atoms with Crippen molar-refractivity contribution in [2.45, 2.75) is 6.92 Å². The van der Waals surface area contributed by atoms with Crippen molar-refractivity contribution in [1.29, 1.82) is 0 Å². The molecule has 0 bridgehead atoms. The molecular weight excluding hydrogens is 376 g/mol. The van der Waals surface area contributed by atoms with Crippen molar-refractivity contribution in [3.63, 3.8) is 0 Å². The van der Waals surface area contributed by atoms with Crippen LogP contribution in [-0.2, 0) is 0 Å². The number of benzene rings is 2. The highest BCUT2D eigenvalue weighted by atomic mass is 79.9. The molecule has 3 heteroatoms. The van der Waals surface area contributed by atoms with E-state index in [0.717, 1.165) is 27.8 Å². The summed E-state index contributed by atoms with van der Waals surface area (Å²) in [7, 11) is 0. The van der Waals surface area contributed by atoms with Crippen molar-refractivity contribution in [3.8, 4) is 5.75 Å². The normalized spacial score (nSPS) is 19.3. The summed E-state index contributed by atoms with van der Waals surface area (Å²) in [6.07, 6.45) is 5.91. The maximum absolute atomic E-state index is 10.1. The minimum atomic E-state index is 0.150. The molecule has 0 radical (unpaired) electrons. The monoisotopic (exact) mass is 392 g/mol. The number of hydrogen-bond donors (Lipinski definition) is 2. The molecule has 2 aromatic rings. The van der Waals surface area contributed by atoms with E-state index in [1.165, 1.54) is 5.57 Å².